The van der Waals surface area contributed by atoms with Crippen molar-refractivity contribution < 1.29 is 9.59 Å². The minimum Gasteiger partial charge on any atom is -0.329 e. The highest BCUT2D eigenvalue weighted by Crippen LogP contribution is 2.29. The Labute approximate surface area is 152 Å². The monoisotopic (exact) mass is 350 g/mol. The van der Waals surface area contributed by atoms with Gasteiger partial charge in [-0.05, 0) is 30.5 Å². The molecule has 134 valence electrons. The smallest absolute Gasteiger partial charge is 0.247 e. The summed E-state index contributed by atoms with van der Waals surface area (Å²) < 4.78 is 0. The Morgan fingerprint density at radius 1 is 1.00 bits per heavy atom. The molecule has 0 saturated carbocycles. The lowest BCUT2D eigenvalue weighted by molar-refractivity contribution is -0.163. The van der Waals surface area contributed by atoms with E-state index in [1.165, 1.54) is 0 Å². The molecule has 1 aromatic heterocycles. The number of aromatic nitrogens is 1. The zero-order chi connectivity index (χ0) is 17.7. The number of pyridine rings is 1. The van der Waals surface area contributed by atoms with E-state index in [1.807, 2.05) is 34.2 Å². The summed E-state index contributed by atoms with van der Waals surface area (Å²) in [5, 5.41) is 1.13. The van der Waals surface area contributed by atoms with Crippen LogP contribution in [0.3, 0.4) is 0 Å². The fraction of sp³-hybridized carbons (Fsp3) is 0.450. The van der Waals surface area contributed by atoms with E-state index in [1.54, 1.807) is 0 Å². The molecule has 2 atom stereocenters. The van der Waals surface area contributed by atoms with Gasteiger partial charge in [0.1, 0.15) is 12.1 Å². The molecule has 0 radical (unpaired) electrons. The first-order valence-corrected chi connectivity index (χ1v) is 9.38. The van der Waals surface area contributed by atoms with Gasteiger partial charge >= 0.3 is 0 Å². The Bertz CT molecular complexity index is 883. The van der Waals surface area contributed by atoms with E-state index in [2.05, 4.69) is 22.0 Å². The van der Waals surface area contributed by atoms with Gasteiger partial charge in [0.15, 0.2) is 0 Å². The lowest BCUT2D eigenvalue weighted by atomic mass is 10.0. The van der Waals surface area contributed by atoms with Gasteiger partial charge < -0.3 is 9.80 Å². The maximum atomic E-state index is 12.9. The predicted molar refractivity (Wildman–Crippen MR) is 97.3 cm³/mol. The molecule has 0 N–H and O–H groups in total. The first-order valence-electron chi connectivity index (χ1n) is 9.38. The molecule has 2 aromatic rings. The Morgan fingerprint density at radius 3 is 2.73 bits per heavy atom. The fourth-order valence-electron chi connectivity index (χ4n) is 4.59. The molecule has 3 aliphatic heterocycles. The van der Waals surface area contributed by atoms with Crippen LogP contribution in [0.25, 0.3) is 10.9 Å². The van der Waals surface area contributed by atoms with Gasteiger partial charge in [-0.2, -0.15) is 0 Å². The number of rotatable bonds is 2. The van der Waals surface area contributed by atoms with Crippen molar-refractivity contribution in [2.75, 3.05) is 26.2 Å². The quantitative estimate of drug-likeness (QED) is 0.818. The molecule has 4 heterocycles. The number of para-hydroxylation sites is 1. The number of carbonyl (C=O) groups excluding carboxylic acids is 2. The number of piperazine rings is 2. The maximum absolute atomic E-state index is 12.9. The number of benzene rings is 1. The van der Waals surface area contributed by atoms with E-state index in [-0.39, 0.29) is 23.9 Å². The molecule has 2 amide bonds. The second kappa shape index (κ2) is 6.06. The van der Waals surface area contributed by atoms with Crippen LogP contribution in [0.4, 0.5) is 0 Å². The normalized spacial score (nSPS) is 26.3. The third-order valence-electron chi connectivity index (χ3n) is 5.91. The van der Waals surface area contributed by atoms with E-state index in [0.29, 0.717) is 13.1 Å². The minimum atomic E-state index is -0.320. The second-order valence-electron chi connectivity index (χ2n) is 7.51. The summed E-state index contributed by atoms with van der Waals surface area (Å²) in [6.45, 7) is 3.54. The van der Waals surface area contributed by atoms with Gasteiger partial charge in [0.2, 0.25) is 11.8 Å². The first kappa shape index (κ1) is 15.8. The van der Waals surface area contributed by atoms with Gasteiger partial charge in [-0.15, -0.1) is 0 Å². The molecule has 6 heteroatoms. The van der Waals surface area contributed by atoms with E-state index in [4.69, 9.17) is 0 Å². The van der Waals surface area contributed by atoms with Gasteiger partial charge in [0, 0.05) is 44.3 Å². The van der Waals surface area contributed by atoms with Crippen LogP contribution in [-0.2, 0) is 16.1 Å². The lowest BCUT2D eigenvalue weighted by Gasteiger charge is -2.47. The molecule has 3 saturated heterocycles. The summed E-state index contributed by atoms with van der Waals surface area (Å²) in [5.41, 5.74) is 2.14. The molecular weight excluding hydrogens is 328 g/mol. The highest BCUT2D eigenvalue weighted by atomic mass is 16.2. The molecule has 5 rings (SSSR count). The molecule has 1 aromatic carbocycles. The molecule has 0 spiro atoms. The minimum absolute atomic E-state index is 0.133. The average molecular weight is 350 g/mol. The highest BCUT2D eigenvalue weighted by Gasteiger charge is 2.49. The Hall–Kier alpha value is -2.47. The van der Waals surface area contributed by atoms with Gasteiger partial charge in [-0.25, -0.2) is 0 Å². The molecule has 0 aliphatic carbocycles. The summed E-state index contributed by atoms with van der Waals surface area (Å²) in [6.07, 6.45) is 3.68. The Morgan fingerprint density at radius 2 is 1.81 bits per heavy atom. The summed E-state index contributed by atoms with van der Waals surface area (Å²) in [5.74, 6) is 0.285. The number of hydrogen-bond acceptors (Lipinski definition) is 4. The Kier molecular flexibility index (Phi) is 3.67. The number of hydrogen-bond donors (Lipinski definition) is 0. The van der Waals surface area contributed by atoms with Gasteiger partial charge in [-0.1, -0.05) is 18.2 Å². The fourth-order valence-corrected chi connectivity index (χ4v) is 4.59. The zero-order valence-corrected chi connectivity index (χ0v) is 14.7. The molecule has 3 aliphatic rings. The lowest BCUT2D eigenvalue weighted by Crippen LogP contribution is -2.68. The van der Waals surface area contributed by atoms with Gasteiger partial charge in [0.05, 0.1) is 5.52 Å². The van der Waals surface area contributed by atoms with Crippen molar-refractivity contribution in [3.05, 3.63) is 42.1 Å². The third kappa shape index (κ3) is 2.48. The van der Waals surface area contributed by atoms with Gasteiger partial charge in [-0.3, -0.25) is 19.5 Å². The van der Waals surface area contributed by atoms with E-state index in [9.17, 15) is 9.59 Å². The SMILES string of the molecule is O=C1C2CN(Cc3cnc4ccccc4c3)CCN2C(=O)C2CCCN12. The maximum Gasteiger partial charge on any atom is 0.247 e. The molecule has 26 heavy (non-hydrogen) atoms. The molecule has 0 bridgehead atoms. The second-order valence-corrected chi connectivity index (χ2v) is 7.51. The summed E-state index contributed by atoms with van der Waals surface area (Å²) in [7, 11) is 0. The average Bonchev–Trinajstić information content (AvgIpc) is 3.16. The van der Waals surface area contributed by atoms with Crippen LogP contribution in [0.15, 0.2) is 36.5 Å². The number of fused-ring (bicyclic) bond motifs is 3. The predicted octanol–water partition coefficient (Wildman–Crippen LogP) is 1.25. The van der Waals surface area contributed by atoms with Crippen LogP contribution in [0.1, 0.15) is 18.4 Å². The van der Waals surface area contributed by atoms with Crippen molar-refractivity contribution in [3.8, 4) is 0 Å². The summed E-state index contributed by atoms with van der Waals surface area (Å²) >= 11 is 0. The van der Waals surface area contributed by atoms with Crippen molar-refractivity contribution in [2.24, 2.45) is 0 Å². The van der Waals surface area contributed by atoms with Crippen LogP contribution in [0.5, 0.6) is 0 Å². The first-order chi connectivity index (χ1) is 12.7. The summed E-state index contributed by atoms with van der Waals surface area (Å²) in [6, 6.07) is 9.74. The number of amides is 2. The molecule has 2 unspecified atom stereocenters. The summed E-state index contributed by atoms with van der Waals surface area (Å²) in [4.78, 5) is 36.0. The van der Waals surface area contributed by atoms with Gasteiger partial charge in [0.25, 0.3) is 0 Å². The van der Waals surface area contributed by atoms with Crippen molar-refractivity contribution in [1.82, 2.24) is 19.7 Å². The highest BCUT2D eigenvalue weighted by molar-refractivity contribution is 5.97. The number of nitrogens with zero attached hydrogens (tertiary/aromatic N) is 4. The van der Waals surface area contributed by atoms with Crippen molar-refractivity contribution >= 4 is 22.7 Å². The van der Waals surface area contributed by atoms with Crippen LogP contribution in [0, 0.1) is 0 Å². The van der Waals surface area contributed by atoms with Crippen LogP contribution in [0.2, 0.25) is 0 Å². The molecule has 6 nitrogen and oxygen atoms in total. The molecule has 3 fully saturated rings. The van der Waals surface area contributed by atoms with Crippen molar-refractivity contribution in [1.29, 1.82) is 0 Å². The van der Waals surface area contributed by atoms with E-state index < -0.39 is 0 Å². The van der Waals surface area contributed by atoms with Crippen molar-refractivity contribution in [2.45, 2.75) is 31.5 Å². The topological polar surface area (TPSA) is 56.8 Å². The largest absolute Gasteiger partial charge is 0.329 e. The number of carbonyl (C=O) groups is 2. The van der Waals surface area contributed by atoms with Crippen LogP contribution >= 0.6 is 0 Å². The Balaban J connectivity index is 1.34. The van der Waals surface area contributed by atoms with Crippen LogP contribution in [-0.4, -0.2) is 69.8 Å². The van der Waals surface area contributed by atoms with Crippen molar-refractivity contribution in [3.63, 3.8) is 0 Å². The third-order valence-corrected chi connectivity index (χ3v) is 5.91. The zero-order valence-electron chi connectivity index (χ0n) is 14.7. The van der Waals surface area contributed by atoms with Crippen LogP contribution < -0.4 is 0 Å². The standard InChI is InChI=1S/C20H22N4O2/c25-19-17-6-3-7-23(17)20(26)18-13-22(8-9-24(18)19)12-14-10-15-4-1-2-5-16(15)21-11-14/h1-2,4-5,10-11,17-18H,3,6-9,12-13H2. The molecular formula is C20H22N4O2. The van der Waals surface area contributed by atoms with E-state index >= 15 is 0 Å². The van der Waals surface area contributed by atoms with E-state index in [0.717, 1.165) is 48.9 Å².